The molecule has 156 valence electrons. The van der Waals surface area contributed by atoms with Crippen LogP contribution in [0.25, 0.3) is 0 Å². The lowest BCUT2D eigenvalue weighted by Crippen LogP contribution is -2.40. The number of esters is 2. The van der Waals surface area contributed by atoms with Crippen molar-refractivity contribution in [2.24, 2.45) is 0 Å². The van der Waals surface area contributed by atoms with E-state index in [-0.39, 0.29) is 18.0 Å². The van der Waals surface area contributed by atoms with Crippen molar-refractivity contribution in [3.05, 3.63) is 27.7 Å². The van der Waals surface area contributed by atoms with Crippen LogP contribution in [0.3, 0.4) is 0 Å². The number of thioether (sulfide) groups is 1. The molecular weight excluding hydrogens is 442 g/mol. The molecule has 0 radical (unpaired) electrons. The Labute approximate surface area is 180 Å². The van der Waals surface area contributed by atoms with Gasteiger partial charge in [-0.1, -0.05) is 6.07 Å². The highest BCUT2D eigenvalue weighted by Crippen LogP contribution is 2.36. The highest BCUT2D eigenvalue weighted by Gasteiger charge is 2.28. The minimum absolute atomic E-state index is 0.140. The normalized spacial score (nSPS) is 16.8. The van der Waals surface area contributed by atoms with Crippen LogP contribution in [0, 0.1) is 0 Å². The van der Waals surface area contributed by atoms with Gasteiger partial charge in [0.25, 0.3) is 0 Å². The molecule has 0 amide bonds. The van der Waals surface area contributed by atoms with Crippen LogP contribution in [0.15, 0.2) is 21.5 Å². The standard InChI is InChI=1S/C21H30BrNO4S/c1-5-26-18(24)7-6-12-28-19-15-9-11-17(20(25)27-21(2,3)4)23-13-14(15)8-10-16(19)22/h8,10,17,23H,5-7,9,11-13H2,1-4H3. The molecule has 1 unspecified atom stereocenters. The molecule has 0 fully saturated rings. The first-order chi connectivity index (χ1) is 13.2. The number of fused-ring (bicyclic) bond motifs is 1. The molecule has 0 saturated heterocycles. The van der Waals surface area contributed by atoms with Crippen molar-refractivity contribution < 1.29 is 19.1 Å². The van der Waals surface area contributed by atoms with Crippen molar-refractivity contribution in [2.45, 2.75) is 76.5 Å². The summed E-state index contributed by atoms with van der Waals surface area (Å²) < 4.78 is 11.6. The Bertz CT molecular complexity index is 702. The summed E-state index contributed by atoms with van der Waals surface area (Å²) in [7, 11) is 0. The number of rotatable bonds is 7. The van der Waals surface area contributed by atoms with Gasteiger partial charge in [-0.2, -0.15) is 0 Å². The third-order valence-electron chi connectivity index (χ3n) is 4.30. The topological polar surface area (TPSA) is 64.6 Å². The molecule has 0 bridgehead atoms. The molecule has 1 aromatic carbocycles. The van der Waals surface area contributed by atoms with Gasteiger partial charge in [-0.25, -0.2) is 0 Å². The predicted molar refractivity (Wildman–Crippen MR) is 116 cm³/mol. The molecule has 0 spiro atoms. The average molecular weight is 472 g/mol. The van der Waals surface area contributed by atoms with Crippen LogP contribution in [0.1, 0.15) is 58.1 Å². The van der Waals surface area contributed by atoms with Gasteiger partial charge in [-0.05, 0) is 85.8 Å². The summed E-state index contributed by atoms with van der Waals surface area (Å²) >= 11 is 5.42. The lowest BCUT2D eigenvalue weighted by atomic mass is 10.0. The van der Waals surface area contributed by atoms with Crippen molar-refractivity contribution in [3.8, 4) is 0 Å². The van der Waals surface area contributed by atoms with Gasteiger partial charge >= 0.3 is 11.9 Å². The van der Waals surface area contributed by atoms with E-state index in [2.05, 4.69) is 33.4 Å². The molecule has 0 aliphatic carbocycles. The number of ether oxygens (including phenoxy) is 2. The Hall–Kier alpha value is -1.05. The van der Waals surface area contributed by atoms with E-state index in [9.17, 15) is 9.59 Å². The smallest absolute Gasteiger partial charge is 0.323 e. The minimum atomic E-state index is -0.485. The molecule has 1 heterocycles. The van der Waals surface area contributed by atoms with Gasteiger partial charge in [0.2, 0.25) is 0 Å². The largest absolute Gasteiger partial charge is 0.466 e. The molecule has 2 rings (SSSR count). The van der Waals surface area contributed by atoms with Gasteiger partial charge in [-0.15, -0.1) is 11.8 Å². The number of carbonyl (C=O) groups excluding carboxylic acids is 2. The van der Waals surface area contributed by atoms with Crippen LogP contribution >= 0.6 is 27.7 Å². The molecule has 5 nitrogen and oxygen atoms in total. The monoisotopic (exact) mass is 471 g/mol. The Morgan fingerprint density at radius 3 is 2.75 bits per heavy atom. The maximum absolute atomic E-state index is 12.5. The van der Waals surface area contributed by atoms with E-state index in [1.807, 2.05) is 27.7 Å². The molecule has 1 aliphatic rings. The number of hydrogen-bond donors (Lipinski definition) is 1. The Morgan fingerprint density at radius 1 is 1.32 bits per heavy atom. The Morgan fingerprint density at radius 2 is 2.07 bits per heavy atom. The van der Waals surface area contributed by atoms with Crippen LogP contribution in [0.2, 0.25) is 0 Å². The zero-order valence-electron chi connectivity index (χ0n) is 17.1. The fourth-order valence-electron chi connectivity index (χ4n) is 3.06. The summed E-state index contributed by atoms with van der Waals surface area (Å²) in [6.45, 7) is 8.55. The van der Waals surface area contributed by atoms with Gasteiger partial charge in [-0.3, -0.25) is 9.59 Å². The van der Waals surface area contributed by atoms with E-state index in [1.54, 1.807) is 11.8 Å². The first kappa shape index (κ1) is 23.2. The summed E-state index contributed by atoms with van der Waals surface area (Å²) in [5, 5.41) is 3.34. The van der Waals surface area contributed by atoms with Crippen LogP contribution in [0.4, 0.5) is 0 Å². The van der Waals surface area contributed by atoms with Crippen molar-refractivity contribution in [1.29, 1.82) is 0 Å². The highest BCUT2D eigenvalue weighted by atomic mass is 79.9. The van der Waals surface area contributed by atoms with E-state index in [1.165, 1.54) is 16.0 Å². The van der Waals surface area contributed by atoms with Crippen LogP contribution < -0.4 is 5.32 Å². The fourth-order valence-corrected chi connectivity index (χ4v) is 4.88. The number of carbonyl (C=O) groups is 2. The van der Waals surface area contributed by atoms with E-state index < -0.39 is 5.60 Å². The summed E-state index contributed by atoms with van der Waals surface area (Å²) in [6.07, 6.45) is 2.73. The molecule has 1 aromatic rings. The van der Waals surface area contributed by atoms with E-state index in [0.29, 0.717) is 26.0 Å². The second-order valence-electron chi connectivity index (χ2n) is 7.78. The summed E-state index contributed by atoms with van der Waals surface area (Å²) in [5.74, 6) is 0.512. The average Bonchev–Trinajstić information content (AvgIpc) is 2.82. The Balaban J connectivity index is 2.01. The predicted octanol–water partition coefficient (Wildman–Crippen LogP) is 4.63. The van der Waals surface area contributed by atoms with Gasteiger partial charge in [0.1, 0.15) is 11.6 Å². The van der Waals surface area contributed by atoms with E-state index >= 15 is 0 Å². The van der Waals surface area contributed by atoms with Crippen LogP contribution in [-0.4, -0.2) is 35.9 Å². The number of nitrogens with one attached hydrogen (secondary N) is 1. The van der Waals surface area contributed by atoms with Gasteiger partial charge in [0.15, 0.2) is 0 Å². The maximum atomic E-state index is 12.5. The summed E-state index contributed by atoms with van der Waals surface area (Å²) in [4.78, 5) is 25.2. The van der Waals surface area contributed by atoms with Crippen molar-refractivity contribution in [1.82, 2.24) is 5.32 Å². The highest BCUT2D eigenvalue weighted by molar-refractivity contribution is 9.10. The van der Waals surface area contributed by atoms with Crippen molar-refractivity contribution in [2.75, 3.05) is 12.4 Å². The first-order valence-corrected chi connectivity index (χ1v) is 11.5. The lowest BCUT2D eigenvalue weighted by Gasteiger charge is -2.23. The van der Waals surface area contributed by atoms with Gasteiger partial charge in [0.05, 0.1) is 6.61 Å². The second-order valence-corrected chi connectivity index (χ2v) is 9.74. The van der Waals surface area contributed by atoms with Crippen molar-refractivity contribution in [3.63, 3.8) is 0 Å². The third kappa shape index (κ3) is 7.08. The van der Waals surface area contributed by atoms with Gasteiger partial charge < -0.3 is 14.8 Å². The summed E-state index contributed by atoms with van der Waals surface area (Å²) in [6, 6.07) is 3.86. The van der Waals surface area contributed by atoms with E-state index in [0.717, 1.165) is 23.1 Å². The van der Waals surface area contributed by atoms with Crippen LogP contribution in [0.5, 0.6) is 0 Å². The molecule has 1 N–H and O–H groups in total. The third-order valence-corrected chi connectivity index (χ3v) is 6.47. The molecule has 7 heteroatoms. The van der Waals surface area contributed by atoms with Crippen molar-refractivity contribution >= 4 is 39.6 Å². The number of benzene rings is 1. The molecule has 28 heavy (non-hydrogen) atoms. The lowest BCUT2D eigenvalue weighted by molar-refractivity contribution is -0.157. The number of halogens is 1. The molecule has 1 aliphatic heterocycles. The molecule has 0 aromatic heterocycles. The first-order valence-electron chi connectivity index (χ1n) is 9.76. The van der Waals surface area contributed by atoms with Gasteiger partial charge in [0, 0.05) is 22.3 Å². The zero-order chi connectivity index (χ0) is 20.7. The zero-order valence-corrected chi connectivity index (χ0v) is 19.5. The van der Waals surface area contributed by atoms with E-state index in [4.69, 9.17) is 9.47 Å². The maximum Gasteiger partial charge on any atom is 0.323 e. The number of hydrogen-bond acceptors (Lipinski definition) is 6. The SMILES string of the molecule is CCOC(=O)CCCSc1c(Br)ccc2c1CCC(C(=O)OC(C)(C)C)NC2. The minimum Gasteiger partial charge on any atom is -0.466 e. The quantitative estimate of drug-likeness (QED) is 0.355. The molecule has 1 atom stereocenters. The summed E-state index contributed by atoms with van der Waals surface area (Å²) in [5.41, 5.74) is 2.00. The second kappa shape index (κ2) is 10.6. The molecule has 0 saturated carbocycles. The van der Waals surface area contributed by atoms with Crippen LogP contribution in [-0.2, 0) is 32.0 Å². The fraction of sp³-hybridized carbons (Fsp3) is 0.619. The Kier molecular flexibility index (Phi) is 8.83. The molecular formula is C21H30BrNO4S.